The zero-order chi connectivity index (χ0) is 19.9. The Bertz CT molecular complexity index is 964. The van der Waals surface area contributed by atoms with Crippen molar-refractivity contribution >= 4 is 23.5 Å². The first kappa shape index (κ1) is 18.7. The normalized spacial score (nSPS) is 23.5. The Morgan fingerprint density at radius 1 is 1.36 bits per heavy atom. The Balaban J connectivity index is 1.88. The lowest BCUT2D eigenvalue weighted by molar-refractivity contribution is -0.135. The number of hydrogen-bond acceptors (Lipinski definition) is 6. The molecule has 0 fully saturated rings. The largest absolute Gasteiger partial charge is 0.493 e. The second kappa shape index (κ2) is 7.07. The number of benzene rings is 1. The molecule has 2 atom stereocenters. The van der Waals surface area contributed by atoms with Crippen LogP contribution in [0.2, 0.25) is 5.02 Å². The van der Waals surface area contributed by atoms with Gasteiger partial charge in [0.1, 0.15) is 5.75 Å². The fraction of sp³-hybridized carbons (Fsp3) is 0.350. The van der Waals surface area contributed by atoms with Gasteiger partial charge in [-0.2, -0.15) is 0 Å². The van der Waals surface area contributed by atoms with E-state index in [2.05, 4.69) is 9.98 Å². The van der Waals surface area contributed by atoms with Crippen LogP contribution in [0, 0.1) is 5.92 Å². The van der Waals surface area contributed by atoms with Crippen molar-refractivity contribution in [2.24, 2.45) is 16.6 Å². The van der Waals surface area contributed by atoms with Gasteiger partial charge >= 0.3 is 0 Å². The molecule has 0 saturated heterocycles. The summed E-state index contributed by atoms with van der Waals surface area (Å²) in [6.45, 7) is 3.11. The maximum atomic E-state index is 13.3. The van der Waals surface area contributed by atoms with E-state index < -0.39 is 5.54 Å². The van der Waals surface area contributed by atoms with Gasteiger partial charge in [0.15, 0.2) is 11.5 Å². The van der Waals surface area contributed by atoms with Crippen LogP contribution < -0.4 is 10.5 Å². The number of ether oxygens (including phenoxy) is 2. The summed E-state index contributed by atoms with van der Waals surface area (Å²) in [5.74, 6) is 0.338. The van der Waals surface area contributed by atoms with E-state index in [0.717, 1.165) is 11.1 Å². The van der Waals surface area contributed by atoms with E-state index in [0.29, 0.717) is 36.2 Å². The number of halogens is 1. The van der Waals surface area contributed by atoms with Gasteiger partial charge in [-0.25, -0.2) is 4.99 Å². The first-order chi connectivity index (χ1) is 13.5. The zero-order valence-corrected chi connectivity index (χ0v) is 16.4. The Morgan fingerprint density at radius 3 is 2.86 bits per heavy atom. The summed E-state index contributed by atoms with van der Waals surface area (Å²) in [6, 6.07) is 7.50. The molecule has 1 amide bonds. The van der Waals surface area contributed by atoms with Gasteiger partial charge < -0.3 is 15.2 Å². The predicted octanol–water partition coefficient (Wildman–Crippen LogP) is 2.43. The van der Waals surface area contributed by atoms with Gasteiger partial charge in [0.05, 0.1) is 24.2 Å². The first-order valence-electron chi connectivity index (χ1n) is 9.06. The lowest BCUT2D eigenvalue weighted by Crippen LogP contribution is -2.50. The topological polar surface area (TPSA) is 90.0 Å². The van der Waals surface area contributed by atoms with Crippen LogP contribution in [0.1, 0.15) is 12.5 Å². The summed E-state index contributed by atoms with van der Waals surface area (Å²) < 4.78 is 11.6. The molecule has 1 aromatic heterocycles. The van der Waals surface area contributed by atoms with Crippen LogP contribution in [0.25, 0.3) is 11.1 Å². The summed E-state index contributed by atoms with van der Waals surface area (Å²) in [4.78, 5) is 23.5. The number of fused-ring (bicyclic) bond motifs is 2. The van der Waals surface area contributed by atoms with Crippen molar-refractivity contribution < 1.29 is 14.3 Å². The van der Waals surface area contributed by atoms with E-state index in [9.17, 15) is 4.79 Å². The monoisotopic (exact) mass is 400 g/mol. The van der Waals surface area contributed by atoms with E-state index in [1.165, 1.54) is 4.90 Å². The van der Waals surface area contributed by atoms with Gasteiger partial charge in [-0.3, -0.25) is 14.7 Å². The fourth-order valence-electron chi connectivity index (χ4n) is 3.77. The Hall–Kier alpha value is -2.64. The third-order valence-corrected chi connectivity index (χ3v) is 5.45. The smallest absolute Gasteiger partial charge is 0.262 e. The molecule has 0 bridgehead atoms. The summed E-state index contributed by atoms with van der Waals surface area (Å²) >= 11 is 6.10. The Kier molecular flexibility index (Phi) is 4.72. The van der Waals surface area contributed by atoms with E-state index in [-0.39, 0.29) is 17.8 Å². The highest BCUT2D eigenvalue weighted by Crippen LogP contribution is 2.48. The van der Waals surface area contributed by atoms with Crippen molar-refractivity contribution in [3.8, 4) is 16.9 Å². The van der Waals surface area contributed by atoms with Crippen molar-refractivity contribution in [3.05, 3.63) is 47.2 Å². The number of guanidine groups is 1. The molecule has 1 unspecified atom stereocenters. The number of nitrogens with two attached hydrogens (primary N) is 1. The molecule has 2 aromatic rings. The third-order valence-electron chi connectivity index (χ3n) is 5.25. The lowest BCUT2D eigenvalue weighted by Gasteiger charge is -2.38. The van der Waals surface area contributed by atoms with Crippen LogP contribution in [0.3, 0.4) is 0 Å². The number of amides is 1. The SMILES string of the molecule is CCOC[C@@H]1COc2ccc(-c3cncc(Cl)c3)cc2C12N=C(N)N(C)C2=O. The molecule has 3 heterocycles. The average molecular weight is 401 g/mol. The molecular weight excluding hydrogens is 380 g/mol. The van der Waals surface area contributed by atoms with Crippen molar-refractivity contribution in [2.75, 3.05) is 26.9 Å². The fourth-order valence-corrected chi connectivity index (χ4v) is 3.94. The molecule has 146 valence electrons. The molecule has 1 spiro atoms. The Morgan fingerprint density at radius 2 is 2.18 bits per heavy atom. The molecule has 4 rings (SSSR count). The molecule has 1 aromatic carbocycles. The number of rotatable bonds is 4. The van der Waals surface area contributed by atoms with Crippen LogP contribution in [0.5, 0.6) is 5.75 Å². The number of pyridine rings is 1. The first-order valence-corrected chi connectivity index (χ1v) is 9.44. The van der Waals surface area contributed by atoms with Crippen molar-refractivity contribution in [1.29, 1.82) is 0 Å². The van der Waals surface area contributed by atoms with Crippen LogP contribution in [0.4, 0.5) is 0 Å². The van der Waals surface area contributed by atoms with Gasteiger partial charge in [0.2, 0.25) is 0 Å². The molecule has 2 aliphatic heterocycles. The van der Waals surface area contributed by atoms with Crippen molar-refractivity contribution in [1.82, 2.24) is 9.88 Å². The molecule has 2 N–H and O–H groups in total. The van der Waals surface area contributed by atoms with E-state index in [1.54, 1.807) is 19.4 Å². The number of carbonyl (C=O) groups excluding carboxylic acids is 1. The summed E-state index contributed by atoms with van der Waals surface area (Å²) in [6.07, 6.45) is 3.30. The van der Waals surface area contributed by atoms with Gasteiger partial charge in [-0.15, -0.1) is 0 Å². The summed E-state index contributed by atoms with van der Waals surface area (Å²) in [5, 5.41) is 0.536. The van der Waals surface area contributed by atoms with Crippen molar-refractivity contribution in [3.63, 3.8) is 0 Å². The third kappa shape index (κ3) is 2.82. The average Bonchev–Trinajstić information content (AvgIpc) is 2.92. The van der Waals surface area contributed by atoms with Crippen LogP contribution in [-0.2, 0) is 15.1 Å². The van der Waals surface area contributed by atoms with Crippen LogP contribution >= 0.6 is 11.6 Å². The minimum atomic E-state index is -1.16. The second-order valence-corrected chi connectivity index (χ2v) is 7.31. The van der Waals surface area contributed by atoms with Gasteiger partial charge in [-0.05, 0) is 30.7 Å². The zero-order valence-electron chi connectivity index (χ0n) is 15.7. The van der Waals surface area contributed by atoms with Crippen LogP contribution in [-0.4, -0.2) is 48.6 Å². The molecule has 0 saturated carbocycles. The van der Waals surface area contributed by atoms with Gasteiger partial charge in [-0.1, -0.05) is 17.7 Å². The summed E-state index contributed by atoms with van der Waals surface area (Å²) in [7, 11) is 1.63. The number of nitrogens with zero attached hydrogens (tertiary/aromatic N) is 3. The highest BCUT2D eigenvalue weighted by Gasteiger charge is 2.57. The maximum absolute atomic E-state index is 13.3. The standard InChI is InChI=1S/C20H21ClN4O3/c1-3-27-10-14-11-28-17-5-4-12(13-6-15(21)9-23-8-13)7-16(17)20(14)18(26)25(2)19(22)24-20/h4-9,14H,3,10-11H2,1-2H3,(H2,22,24)/t14-,20?/m1/s1. The maximum Gasteiger partial charge on any atom is 0.262 e. The molecule has 28 heavy (non-hydrogen) atoms. The lowest BCUT2D eigenvalue weighted by atomic mass is 9.75. The van der Waals surface area contributed by atoms with E-state index in [4.69, 9.17) is 26.8 Å². The van der Waals surface area contributed by atoms with Gasteiger partial charge in [0.25, 0.3) is 5.91 Å². The van der Waals surface area contributed by atoms with Crippen LogP contribution in [0.15, 0.2) is 41.7 Å². The minimum absolute atomic E-state index is 0.180. The summed E-state index contributed by atoms with van der Waals surface area (Å²) in [5.41, 5.74) is 7.26. The number of aromatic nitrogens is 1. The van der Waals surface area contributed by atoms with Crippen molar-refractivity contribution in [2.45, 2.75) is 12.5 Å². The predicted molar refractivity (Wildman–Crippen MR) is 106 cm³/mol. The molecule has 0 aliphatic carbocycles. The highest BCUT2D eigenvalue weighted by molar-refractivity contribution is 6.30. The molecule has 0 radical (unpaired) electrons. The Labute approximate surface area is 168 Å². The molecular formula is C20H21ClN4O3. The van der Waals surface area contributed by atoms with Gasteiger partial charge in [0, 0.05) is 37.2 Å². The minimum Gasteiger partial charge on any atom is -0.493 e. The number of likely N-dealkylation sites (N-methyl/N-ethyl adjacent to an activating group) is 1. The number of aliphatic imine (C=N–C) groups is 1. The molecule has 7 nitrogen and oxygen atoms in total. The quantitative estimate of drug-likeness (QED) is 0.851. The molecule has 2 aliphatic rings. The number of carbonyl (C=O) groups is 1. The highest BCUT2D eigenvalue weighted by atomic mass is 35.5. The molecule has 8 heteroatoms. The van der Waals surface area contributed by atoms with E-state index >= 15 is 0 Å². The van der Waals surface area contributed by atoms with E-state index in [1.807, 2.05) is 31.2 Å². The second-order valence-electron chi connectivity index (χ2n) is 6.87. The number of hydrogen-bond donors (Lipinski definition) is 1.